The third kappa shape index (κ3) is 186. The van der Waals surface area contributed by atoms with Gasteiger partial charge in [-0.2, -0.15) is 0 Å². The Hall–Kier alpha value is -0.977. The topological polar surface area (TPSA) is 127 Å². The molecule has 9 heavy (non-hydrogen) atoms. The SMILES string of the molecule is O=[N+]([O-])O.O=[N+]([O-])O.[Zn]. The minimum atomic E-state index is -1.50. The Kier molecular flexibility index (Phi) is 17.6. The van der Waals surface area contributed by atoms with Crippen LogP contribution >= 0.6 is 0 Å². The van der Waals surface area contributed by atoms with Crippen LogP contribution in [0, 0.1) is 20.2 Å². The predicted molar refractivity (Wildman–Crippen MR) is 17.6 cm³/mol. The normalized spacial score (nSPS) is 5.33. The Balaban J connectivity index is -0.0000000720. The summed E-state index contributed by atoms with van der Waals surface area (Å²) in [4.78, 5) is 16.7. The van der Waals surface area contributed by atoms with E-state index >= 15 is 0 Å². The Bertz CT molecular complexity index is 69.1. The average Bonchev–Trinajstić information content (AvgIpc) is 1.25. The molecule has 50 valence electrons. The first kappa shape index (κ1) is 15.7. The van der Waals surface area contributed by atoms with Gasteiger partial charge in [-0.1, -0.05) is 0 Å². The molecular formula is H2N2O6Zn. The van der Waals surface area contributed by atoms with Crippen LogP contribution in [0.25, 0.3) is 0 Å². The van der Waals surface area contributed by atoms with Crippen molar-refractivity contribution in [3.8, 4) is 0 Å². The smallest absolute Gasteiger partial charge is 0.291 e. The van der Waals surface area contributed by atoms with Crippen LogP contribution < -0.4 is 0 Å². The maximum Gasteiger partial charge on any atom is 0.291 e. The van der Waals surface area contributed by atoms with Crippen molar-refractivity contribution < 1.29 is 40.1 Å². The predicted octanol–water partition coefficient (Wildman–Crippen LogP) is -0.698. The van der Waals surface area contributed by atoms with Gasteiger partial charge in [0.05, 0.1) is 0 Å². The van der Waals surface area contributed by atoms with Crippen molar-refractivity contribution in [2.24, 2.45) is 0 Å². The van der Waals surface area contributed by atoms with Gasteiger partial charge in [0.25, 0.3) is 10.2 Å². The first-order valence-electron chi connectivity index (χ1n) is 1.13. The number of hydrogen-bond donors (Lipinski definition) is 2. The zero-order valence-electron chi connectivity index (χ0n) is 4.13. The quantitative estimate of drug-likeness (QED) is 0.296. The largest absolute Gasteiger partial charge is 0.328 e. The molecule has 0 unspecified atom stereocenters. The maximum absolute atomic E-state index is 8.36. The molecule has 0 radical (unpaired) electrons. The number of nitrogens with zero attached hydrogens (tertiary/aromatic N) is 2. The molecule has 9 heteroatoms. The third-order valence-corrected chi connectivity index (χ3v) is 0. The summed E-state index contributed by atoms with van der Waals surface area (Å²) in [7, 11) is 0. The van der Waals surface area contributed by atoms with Crippen molar-refractivity contribution in [1.29, 1.82) is 0 Å². The summed E-state index contributed by atoms with van der Waals surface area (Å²) in [5.74, 6) is 0. The molecule has 0 saturated carbocycles. The molecule has 0 saturated heterocycles. The Morgan fingerprint density at radius 1 is 1.00 bits per heavy atom. The van der Waals surface area contributed by atoms with E-state index in [9.17, 15) is 0 Å². The van der Waals surface area contributed by atoms with Crippen LogP contribution in [0.4, 0.5) is 0 Å². The molecule has 0 bridgehead atoms. The summed E-state index contributed by atoms with van der Waals surface area (Å²) in [6.45, 7) is 0. The van der Waals surface area contributed by atoms with Crippen LogP contribution in [0.2, 0.25) is 0 Å². The Morgan fingerprint density at radius 2 is 1.00 bits per heavy atom. The zero-order chi connectivity index (χ0) is 7.15. The van der Waals surface area contributed by atoms with Crippen LogP contribution in [0.3, 0.4) is 0 Å². The van der Waals surface area contributed by atoms with E-state index in [0.717, 1.165) is 0 Å². The minimum absolute atomic E-state index is 0. The fourth-order valence-corrected chi connectivity index (χ4v) is 0. The van der Waals surface area contributed by atoms with Gasteiger partial charge in [-0.15, -0.1) is 20.2 Å². The molecule has 0 aromatic heterocycles. The third-order valence-electron chi connectivity index (χ3n) is 0. The van der Waals surface area contributed by atoms with E-state index in [1.807, 2.05) is 0 Å². The summed E-state index contributed by atoms with van der Waals surface area (Å²) >= 11 is 0. The number of hydrogen-bond acceptors (Lipinski definition) is 4. The van der Waals surface area contributed by atoms with E-state index in [2.05, 4.69) is 0 Å². The van der Waals surface area contributed by atoms with Crippen molar-refractivity contribution >= 4 is 0 Å². The maximum atomic E-state index is 8.36. The molecule has 8 nitrogen and oxygen atoms in total. The molecule has 0 rings (SSSR count). The molecular weight excluding hydrogens is 189 g/mol. The van der Waals surface area contributed by atoms with Crippen LogP contribution in [0.1, 0.15) is 0 Å². The van der Waals surface area contributed by atoms with E-state index in [1.54, 1.807) is 0 Å². The van der Waals surface area contributed by atoms with Gasteiger partial charge in [-0.05, 0) is 0 Å². The van der Waals surface area contributed by atoms with E-state index in [4.69, 9.17) is 30.6 Å². The summed E-state index contributed by atoms with van der Waals surface area (Å²) < 4.78 is 0. The first-order valence-corrected chi connectivity index (χ1v) is 1.13. The van der Waals surface area contributed by atoms with Gasteiger partial charge < -0.3 is 10.4 Å². The summed E-state index contributed by atoms with van der Waals surface area (Å²) in [6.07, 6.45) is 0. The molecule has 0 aliphatic rings. The van der Waals surface area contributed by atoms with Crippen molar-refractivity contribution in [2.45, 2.75) is 0 Å². The van der Waals surface area contributed by atoms with E-state index in [1.165, 1.54) is 0 Å². The first-order chi connectivity index (χ1) is 3.46. The molecule has 0 amide bonds. The van der Waals surface area contributed by atoms with Gasteiger partial charge in [0.2, 0.25) is 0 Å². The molecule has 0 aliphatic carbocycles. The molecule has 2 N–H and O–H groups in total. The van der Waals surface area contributed by atoms with Crippen LogP contribution in [-0.4, -0.2) is 20.6 Å². The van der Waals surface area contributed by atoms with Crippen molar-refractivity contribution in [2.75, 3.05) is 0 Å². The molecule has 0 heterocycles. The second-order valence-electron chi connectivity index (χ2n) is 0.476. The van der Waals surface area contributed by atoms with Crippen LogP contribution in [0.5, 0.6) is 0 Å². The van der Waals surface area contributed by atoms with Crippen molar-refractivity contribution in [3.63, 3.8) is 0 Å². The van der Waals surface area contributed by atoms with E-state index in [-0.39, 0.29) is 19.5 Å². The van der Waals surface area contributed by atoms with Crippen LogP contribution in [-0.2, 0) is 19.5 Å². The molecule has 0 fully saturated rings. The Labute approximate surface area is 61.1 Å². The van der Waals surface area contributed by atoms with E-state index < -0.39 is 10.2 Å². The van der Waals surface area contributed by atoms with Crippen LogP contribution in [0.15, 0.2) is 0 Å². The second kappa shape index (κ2) is 10.1. The van der Waals surface area contributed by atoms with Gasteiger partial charge in [0.15, 0.2) is 0 Å². The molecule has 0 aliphatic heterocycles. The fourth-order valence-electron chi connectivity index (χ4n) is 0. The fraction of sp³-hybridized carbons (Fsp3) is 0. The molecule has 0 atom stereocenters. The average molecular weight is 191 g/mol. The summed E-state index contributed by atoms with van der Waals surface area (Å²) in [5.41, 5.74) is 0. The zero-order valence-corrected chi connectivity index (χ0v) is 7.10. The van der Waals surface area contributed by atoms with Crippen molar-refractivity contribution in [3.05, 3.63) is 20.2 Å². The molecule has 0 aromatic rings. The minimum Gasteiger partial charge on any atom is -0.328 e. The van der Waals surface area contributed by atoms with Crippen molar-refractivity contribution in [1.82, 2.24) is 0 Å². The van der Waals surface area contributed by atoms with Gasteiger partial charge in [0, 0.05) is 19.5 Å². The molecule has 0 aromatic carbocycles. The van der Waals surface area contributed by atoms with Gasteiger partial charge in [-0.3, -0.25) is 0 Å². The van der Waals surface area contributed by atoms with Gasteiger partial charge in [0.1, 0.15) is 0 Å². The molecule has 0 spiro atoms. The Morgan fingerprint density at radius 3 is 1.00 bits per heavy atom. The van der Waals surface area contributed by atoms with E-state index in [0.29, 0.717) is 0 Å². The van der Waals surface area contributed by atoms with Gasteiger partial charge in [-0.25, -0.2) is 0 Å². The van der Waals surface area contributed by atoms with Gasteiger partial charge >= 0.3 is 0 Å². The second-order valence-corrected chi connectivity index (χ2v) is 0.476. The summed E-state index contributed by atoms with van der Waals surface area (Å²) in [5, 5.41) is 27.3. The number of rotatable bonds is 0. The summed E-state index contributed by atoms with van der Waals surface area (Å²) in [6, 6.07) is 0. The monoisotopic (exact) mass is 190 g/mol. The standard InChI is InChI=1S/2HNO3.Zn/c2*2-1(3)4;/h2*(H,2,3,4);.